The van der Waals surface area contributed by atoms with Crippen LogP contribution in [0.4, 0.5) is 10.5 Å². The van der Waals surface area contributed by atoms with E-state index in [0.29, 0.717) is 41.3 Å². The smallest absolute Gasteiger partial charge is 0.410 e. The number of thiophene rings is 1. The Hall–Kier alpha value is -4.02. The SMILES string of the molecule is Cn1c(C(=O)Nc2cccc(CO)c2COc2ccc(OC3CCN(C(=O)OC(C)(C)C)CC3)cc2)cc2sccc21. The molecule has 0 bridgehead atoms. The highest BCUT2D eigenvalue weighted by atomic mass is 32.1. The minimum Gasteiger partial charge on any atom is -0.490 e. The number of aliphatic hydroxyl groups is 1. The van der Waals surface area contributed by atoms with E-state index in [1.807, 2.05) is 86.3 Å². The van der Waals surface area contributed by atoms with Crippen molar-refractivity contribution in [1.82, 2.24) is 9.47 Å². The molecule has 222 valence electrons. The number of piperidine rings is 1. The summed E-state index contributed by atoms with van der Waals surface area (Å²) in [5.41, 5.74) is 3.04. The van der Waals surface area contributed by atoms with E-state index >= 15 is 0 Å². The van der Waals surface area contributed by atoms with Gasteiger partial charge in [-0.15, -0.1) is 11.3 Å². The van der Waals surface area contributed by atoms with Gasteiger partial charge in [0.1, 0.15) is 35.5 Å². The molecule has 0 saturated carbocycles. The van der Waals surface area contributed by atoms with Crippen molar-refractivity contribution >= 4 is 39.2 Å². The first-order valence-corrected chi connectivity index (χ1v) is 14.9. The minimum atomic E-state index is -0.511. The maximum absolute atomic E-state index is 13.2. The predicted molar refractivity (Wildman–Crippen MR) is 163 cm³/mol. The number of fused-ring (bicyclic) bond motifs is 1. The zero-order valence-electron chi connectivity index (χ0n) is 24.4. The van der Waals surface area contributed by atoms with Crippen molar-refractivity contribution in [2.45, 2.75) is 58.5 Å². The normalized spacial score (nSPS) is 14.2. The third kappa shape index (κ3) is 6.88. The number of aliphatic hydroxyl groups excluding tert-OH is 1. The summed E-state index contributed by atoms with van der Waals surface area (Å²) in [5, 5.41) is 15.0. The lowest BCUT2D eigenvalue weighted by Crippen LogP contribution is -2.44. The molecule has 1 aliphatic heterocycles. The van der Waals surface area contributed by atoms with Crippen molar-refractivity contribution in [3.05, 3.63) is 76.8 Å². The van der Waals surface area contributed by atoms with Gasteiger partial charge in [-0.2, -0.15) is 0 Å². The first-order chi connectivity index (χ1) is 20.1. The molecule has 2 aromatic carbocycles. The van der Waals surface area contributed by atoms with Crippen LogP contribution >= 0.6 is 11.3 Å². The van der Waals surface area contributed by atoms with Crippen molar-refractivity contribution in [3.63, 3.8) is 0 Å². The van der Waals surface area contributed by atoms with Crippen LogP contribution in [0.15, 0.2) is 60.0 Å². The number of carbonyl (C=O) groups excluding carboxylic acids is 2. The van der Waals surface area contributed by atoms with Crippen molar-refractivity contribution in [2.75, 3.05) is 18.4 Å². The van der Waals surface area contributed by atoms with E-state index in [1.54, 1.807) is 22.3 Å². The molecule has 1 fully saturated rings. The van der Waals surface area contributed by atoms with Gasteiger partial charge in [0.2, 0.25) is 0 Å². The summed E-state index contributed by atoms with van der Waals surface area (Å²) >= 11 is 1.59. The molecule has 2 amide bonds. The van der Waals surface area contributed by atoms with Gasteiger partial charge in [0.15, 0.2) is 0 Å². The fourth-order valence-corrected chi connectivity index (χ4v) is 5.82. The van der Waals surface area contributed by atoms with E-state index in [0.717, 1.165) is 28.8 Å². The van der Waals surface area contributed by atoms with E-state index < -0.39 is 5.60 Å². The van der Waals surface area contributed by atoms with Crippen molar-refractivity contribution in [3.8, 4) is 11.5 Å². The van der Waals surface area contributed by atoms with Crippen LogP contribution in [-0.4, -0.2) is 51.4 Å². The van der Waals surface area contributed by atoms with Gasteiger partial charge in [-0.3, -0.25) is 4.79 Å². The van der Waals surface area contributed by atoms with E-state index in [-0.39, 0.29) is 31.3 Å². The number of aryl methyl sites for hydroxylation is 1. The standard InChI is InChI=1S/C32H37N3O6S/c1-32(2,3)41-31(38)35-15-12-24(13-16-35)40-23-10-8-22(9-11-23)39-20-25-21(19-36)6-5-7-26(25)33-30(37)28-18-29-27(34(28)4)14-17-42-29/h5-11,14,17-18,24,36H,12-13,15-16,19-20H2,1-4H3,(H,33,37). The average Bonchev–Trinajstić information content (AvgIpc) is 3.55. The zero-order valence-corrected chi connectivity index (χ0v) is 25.2. The number of hydrogen-bond acceptors (Lipinski definition) is 7. The Labute approximate surface area is 249 Å². The number of ether oxygens (including phenoxy) is 3. The van der Waals surface area contributed by atoms with Gasteiger partial charge in [-0.1, -0.05) is 12.1 Å². The number of benzene rings is 2. The molecule has 10 heteroatoms. The molecule has 2 N–H and O–H groups in total. The lowest BCUT2D eigenvalue weighted by Gasteiger charge is -2.33. The van der Waals surface area contributed by atoms with Gasteiger partial charge in [0.25, 0.3) is 5.91 Å². The Morgan fingerprint density at radius 3 is 2.43 bits per heavy atom. The van der Waals surface area contributed by atoms with Gasteiger partial charge in [-0.25, -0.2) is 4.79 Å². The first kappa shape index (κ1) is 29.5. The molecule has 9 nitrogen and oxygen atoms in total. The lowest BCUT2D eigenvalue weighted by atomic mass is 10.1. The van der Waals surface area contributed by atoms with E-state index in [1.165, 1.54) is 0 Å². The fraction of sp³-hybridized carbons (Fsp3) is 0.375. The number of nitrogens with one attached hydrogen (secondary N) is 1. The number of rotatable bonds is 8. The second-order valence-corrected chi connectivity index (χ2v) is 12.3. The Morgan fingerprint density at radius 1 is 1.05 bits per heavy atom. The summed E-state index contributed by atoms with van der Waals surface area (Å²) in [7, 11) is 1.87. The summed E-state index contributed by atoms with van der Waals surface area (Å²) in [6.45, 7) is 6.76. The first-order valence-electron chi connectivity index (χ1n) is 14.0. The molecule has 3 heterocycles. The quantitative estimate of drug-likeness (QED) is 0.248. The molecule has 2 aromatic heterocycles. The number of carbonyl (C=O) groups is 2. The maximum atomic E-state index is 13.2. The van der Waals surface area contributed by atoms with Crippen LogP contribution in [-0.2, 0) is 25.0 Å². The molecule has 4 aromatic rings. The number of aromatic nitrogens is 1. The largest absolute Gasteiger partial charge is 0.490 e. The Bertz CT molecular complexity index is 1540. The third-order valence-electron chi connectivity index (χ3n) is 7.19. The lowest BCUT2D eigenvalue weighted by molar-refractivity contribution is 0.0126. The van der Waals surface area contributed by atoms with Gasteiger partial charge in [0, 0.05) is 44.2 Å². The van der Waals surface area contributed by atoms with Crippen LogP contribution in [0.2, 0.25) is 0 Å². The highest BCUT2D eigenvalue weighted by Gasteiger charge is 2.27. The molecule has 0 aliphatic carbocycles. The highest BCUT2D eigenvalue weighted by Crippen LogP contribution is 2.28. The van der Waals surface area contributed by atoms with Gasteiger partial charge < -0.3 is 34.1 Å². The summed E-state index contributed by atoms with van der Waals surface area (Å²) < 4.78 is 20.6. The summed E-state index contributed by atoms with van der Waals surface area (Å²) in [5.74, 6) is 1.13. The molecule has 5 rings (SSSR count). The summed E-state index contributed by atoms with van der Waals surface area (Å²) in [6.07, 6.45) is 1.18. The van der Waals surface area contributed by atoms with E-state index in [4.69, 9.17) is 14.2 Å². The Balaban J connectivity index is 1.18. The van der Waals surface area contributed by atoms with E-state index in [2.05, 4.69) is 5.32 Å². The molecule has 0 radical (unpaired) electrons. The van der Waals surface area contributed by atoms with Gasteiger partial charge in [-0.05, 0) is 74.2 Å². The number of amides is 2. The van der Waals surface area contributed by atoms with Crippen LogP contribution in [0.5, 0.6) is 11.5 Å². The zero-order chi connectivity index (χ0) is 29.9. The second kappa shape index (κ2) is 12.5. The molecular formula is C32H37N3O6S. The molecule has 1 saturated heterocycles. The number of anilines is 1. The monoisotopic (exact) mass is 591 g/mol. The van der Waals surface area contributed by atoms with Crippen LogP contribution in [0, 0.1) is 0 Å². The maximum Gasteiger partial charge on any atom is 0.410 e. The van der Waals surface area contributed by atoms with Crippen LogP contribution in [0.1, 0.15) is 55.2 Å². The van der Waals surface area contributed by atoms with E-state index in [9.17, 15) is 14.7 Å². The van der Waals surface area contributed by atoms with Gasteiger partial charge in [0.05, 0.1) is 16.8 Å². The van der Waals surface area contributed by atoms with Crippen LogP contribution in [0.25, 0.3) is 10.2 Å². The Kier molecular flexibility index (Phi) is 8.74. The molecule has 0 unspecified atom stereocenters. The molecule has 1 aliphatic rings. The summed E-state index contributed by atoms with van der Waals surface area (Å²) in [4.78, 5) is 27.2. The molecule has 0 atom stereocenters. The van der Waals surface area contributed by atoms with Crippen molar-refractivity contribution < 1.29 is 28.9 Å². The van der Waals surface area contributed by atoms with Crippen LogP contribution in [0.3, 0.4) is 0 Å². The van der Waals surface area contributed by atoms with Gasteiger partial charge >= 0.3 is 6.09 Å². The topological polar surface area (TPSA) is 102 Å². The molecular weight excluding hydrogens is 554 g/mol. The number of hydrogen-bond donors (Lipinski definition) is 2. The second-order valence-electron chi connectivity index (χ2n) is 11.4. The molecule has 0 spiro atoms. The molecule has 42 heavy (non-hydrogen) atoms. The van der Waals surface area contributed by atoms with Crippen LogP contribution < -0.4 is 14.8 Å². The van der Waals surface area contributed by atoms with Crippen molar-refractivity contribution in [2.24, 2.45) is 7.05 Å². The average molecular weight is 592 g/mol. The predicted octanol–water partition coefficient (Wildman–Crippen LogP) is 6.34. The van der Waals surface area contributed by atoms with Crippen molar-refractivity contribution in [1.29, 1.82) is 0 Å². The number of likely N-dealkylation sites (tertiary alicyclic amines) is 1. The fourth-order valence-electron chi connectivity index (χ4n) is 4.97. The Morgan fingerprint density at radius 2 is 1.76 bits per heavy atom. The number of nitrogens with zero attached hydrogens (tertiary/aromatic N) is 2. The third-order valence-corrected chi connectivity index (χ3v) is 8.04. The minimum absolute atomic E-state index is 0.0121. The highest BCUT2D eigenvalue weighted by molar-refractivity contribution is 7.17. The summed E-state index contributed by atoms with van der Waals surface area (Å²) in [6, 6.07) is 16.7.